The zero-order valence-corrected chi connectivity index (χ0v) is 8.94. The van der Waals surface area contributed by atoms with E-state index in [2.05, 4.69) is 0 Å². The summed E-state index contributed by atoms with van der Waals surface area (Å²) < 4.78 is 5.11. The summed E-state index contributed by atoms with van der Waals surface area (Å²) in [7, 11) is 0. The van der Waals surface area contributed by atoms with Gasteiger partial charge in [-0.25, -0.2) is 4.79 Å². The van der Waals surface area contributed by atoms with Crippen LogP contribution in [0.4, 0.5) is 0 Å². The number of hydrogen-bond donors (Lipinski definition) is 0. The predicted molar refractivity (Wildman–Crippen MR) is 57.8 cm³/mol. The van der Waals surface area contributed by atoms with E-state index in [1.54, 1.807) is 17.4 Å². The zero-order chi connectivity index (χ0) is 9.80. The molecule has 0 aliphatic rings. The second-order valence-electron chi connectivity index (χ2n) is 2.63. The van der Waals surface area contributed by atoms with Crippen LogP contribution in [0.2, 0.25) is 0 Å². The van der Waals surface area contributed by atoms with Crippen LogP contribution in [0.3, 0.4) is 0 Å². The maximum absolute atomic E-state index is 11.4. The summed E-state index contributed by atoms with van der Waals surface area (Å²) in [5, 5.41) is 3.83. The molecule has 2 heterocycles. The first-order chi connectivity index (χ1) is 6.86. The van der Waals surface area contributed by atoms with E-state index < -0.39 is 0 Å². The second-order valence-corrected chi connectivity index (χ2v) is 4.61. The minimum absolute atomic E-state index is 0.242. The summed E-state index contributed by atoms with van der Waals surface area (Å²) >= 11 is 2.99. The van der Waals surface area contributed by atoms with Gasteiger partial charge in [0.05, 0.1) is 0 Å². The molecule has 0 aliphatic heterocycles. The molecule has 4 heteroatoms. The quantitative estimate of drug-likeness (QED) is 0.748. The fourth-order valence-electron chi connectivity index (χ4n) is 0.997. The molecule has 2 aromatic heterocycles. The highest BCUT2D eigenvalue weighted by Gasteiger charge is 2.07. The first kappa shape index (κ1) is 9.43. The number of carbonyl (C=O) groups is 1. The Balaban J connectivity index is 1.90. The van der Waals surface area contributed by atoms with E-state index in [1.165, 1.54) is 11.3 Å². The first-order valence-corrected chi connectivity index (χ1v) is 5.85. The largest absolute Gasteiger partial charge is 0.456 e. The van der Waals surface area contributed by atoms with E-state index in [9.17, 15) is 4.79 Å². The fourth-order valence-corrected chi connectivity index (χ4v) is 2.23. The highest BCUT2D eigenvalue weighted by molar-refractivity contribution is 7.12. The van der Waals surface area contributed by atoms with Gasteiger partial charge in [0, 0.05) is 4.88 Å². The van der Waals surface area contributed by atoms with E-state index in [0.717, 1.165) is 4.88 Å². The van der Waals surface area contributed by atoms with Crippen molar-refractivity contribution in [3.8, 4) is 0 Å². The van der Waals surface area contributed by atoms with Gasteiger partial charge >= 0.3 is 5.97 Å². The molecule has 0 spiro atoms. The van der Waals surface area contributed by atoms with Crippen molar-refractivity contribution >= 4 is 28.6 Å². The van der Waals surface area contributed by atoms with Crippen molar-refractivity contribution in [2.24, 2.45) is 0 Å². The number of esters is 1. The van der Waals surface area contributed by atoms with Crippen molar-refractivity contribution < 1.29 is 9.53 Å². The molecule has 0 unspecified atom stereocenters. The van der Waals surface area contributed by atoms with E-state index in [-0.39, 0.29) is 5.97 Å². The van der Waals surface area contributed by atoms with Crippen molar-refractivity contribution in [3.05, 3.63) is 44.8 Å². The number of thiophene rings is 2. The van der Waals surface area contributed by atoms with Gasteiger partial charge in [-0.3, -0.25) is 0 Å². The Morgan fingerprint density at radius 3 is 2.64 bits per heavy atom. The van der Waals surface area contributed by atoms with Gasteiger partial charge < -0.3 is 4.74 Å². The Morgan fingerprint density at radius 1 is 1.21 bits per heavy atom. The lowest BCUT2D eigenvalue weighted by Gasteiger charge is -1.99. The Morgan fingerprint density at radius 2 is 2.00 bits per heavy atom. The fraction of sp³-hybridized carbons (Fsp3) is 0.100. The van der Waals surface area contributed by atoms with Crippen molar-refractivity contribution in [2.75, 3.05) is 0 Å². The molecule has 0 fully saturated rings. The van der Waals surface area contributed by atoms with Gasteiger partial charge in [-0.2, -0.15) is 0 Å². The van der Waals surface area contributed by atoms with E-state index in [0.29, 0.717) is 11.5 Å². The summed E-state index contributed by atoms with van der Waals surface area (Å²) in [6.45, 7) is 0.369. The number of hydrogen-bond acceptors (Lipinski definition) is 4. The van der Waals surface area contributed by atoms with Crippen LogP contribution in [-0.2, 0) is 11.3 Å². The summed E-state index contributed by atoms with van der Waals surface area (Å²) in [5.41, 5.74) is 0. The third-order valence-electron chi connectivity index (χ3n) is 1.65. The monoisotopic (exact) mass is 224 g/mol. The van der Waals surface area contributed by atoms with Crippen LogP contribution in [0.1, 0.15) is 14.5 Å². The van der Waals surface area contributed by atoms with E-state index in [4.69, 9.17) is 4.74 Å². The molecule has 14 heavy (non-hydrogen) atoms. The van der Waals surface area contributed by atoms with Gasteiger partial charge in [0.1, 0.15) is 11.5 Å². The van der Waals surface area contributed by atoms with Crippen LogP contribution in [-0.4, -0.2) is 5.97 Å². The highest BCUT2D eigenvalue weighted by Crippen LogP contribution is 2.13. The number of rotatable bonds is 3. The molecule has 0 N–H and O–H groups in total. The first-order valence-electron chi connectivity index (χ1n) is 4.09. The lowest BCUT2D eigenvalue weighted by Crippen LogP contribution is -2.01. The third-order valence-corrected chi connectivity index (χ3v) is 3.35. The summed E-state index contributed by atoms with van der Waals surface area (Å²) in [6.07, 6.45) is 0. The Kier molecular flexibility index (Phi) is 2.96. The molecule has 0 aromatic carbocycles. The summed E-state index contributed by atoms with van der Waals surface area (Å²) in [5.74, 6) is -0.242. The van der Waals surface area contributed by atoms with Crippen molar-refractivity contribution in [2.45, 2.75) is 6.61 Å². The molecule has 0 radical (unpaired) electrons. The minimum Gasteiger partial charge on any atom is -0.456 e. The van der Waals surface area contributed by atoms with Gasteiger partial charge in [-0.05, 0) is 22.9 Å². The van der Waals surface area contributed by atoms with Gasteiger partial charge in [-0.1, -0.05) is 12.1 Å². The van der Waals surface area contributed by atoms with Crippen LogP contribution < -0.4 is 0 Å². The molecule has 0 amide bonds. The van der Waals surface area contributed by atoms with Crippen LogP contribution in [0.15, 0.2) is 35.0 Å². The molecular formula is C10H8O2S2. The van der Waals surface area contributed by atoms with Crippen molar-refractivity contribution in [1.82, 2.24) is 0 Å². The van der Waals surface area contributed by atoms with Gasteiger partial charge in [-0.15, -0.1) is 22.7 Å². The molecule has 2 aromatic rings. The normalized spacial score (nSPS) is 10.0. The standard InChI is InChI=1S/C10H8O2S2/c11-10(9-4-2-6-14-9)12-7-8-3-1-5-13-8/h1-6H,7H2. The predicted octanol–water partition coefficient (Wildman–Crippen LogP) is 3.17. The molecule has 0 bridgehead atoms. The maximum Gasteiger partial charge on any atom is 0.348 e. The molecule has 2 rings (SSSR count). The summed E-state index contributed by atoms with van der Waals surface area (Å²) in [6, 6.07) is 7.50. The third kappa shape index (κ3) is 2.21. The average Bonchev–Trinajstić information content (AvgIpc) is 2.87. The van der Waals surface area contributed by atoms with E-state index >= 15 is 0 Å². The van der Waals surface area contributed by atoms with Crippen molar-refractivity contribution in [3.63, 3.8) is 0 Å². The number of carbonyl (C=O) groups excluding carboxylic acids is 1. The van der Waals surface area contributed by atoms with Crippen LogP contribution >= 0.6 is 22.7 Å². The minimum atomic E-state index is -0.242. The highest BCUT2D eigenvalue weighted by atomic mass is 32.1. The topological polar surface area (TPSA) is 26.3 Å². The van der Waals surface area contributed by atoms with Crippen LogP contribution in [0, 0.1) is 0 Å². The van der Waals surface area contributed by atoms with Crippen LogP contribution in [0.25, 0.3) is 0 Å². The van der Waals surface area contributed by atoms with Gasteiger partial charge in [0.2, 0.25) is 0 Å². The average molecular weight is 224 g/mol. The molecule has 2 nitrogen and oxygen atoms in total. The zero-order valence-electron chi connectivity index (χ0n) is 7.30. The molecule has 0 saturated carbocycles. The Hall–Kier alpha value is -1.13. The smallest absolute Gasteiger partial charge is 0.348 e. The molecule has 72 valence electrons. The SMILES string of the molecule is O=C(OCc1cccs1)c1cccs1. The maximum atomic E-state index is 11.4. The lowest BCUT2D eigenvalue weighted by molar-refractivity contribution is 0.0482. The Labute approximate surface area is 89.8 Å². The summed E-state index contributed by atoms with van der Waals surface area (Å²) in [4.78, 5) is 13.1. The van der Waals surface area contributed by atoms with Gasteiger partial charge in [0.25, 0.3) is 0 Å². The molecule has 0 atom stereocenters. The lowest BCUT2D eigenvalue weighted by atomic mass is 10.4. The van der Waals surface area contributed by atoms with Crippen molar-refractivity contribution in [1.29, 1.82) is 0 Å². The Bertz CT molecular complexity index is 390. The number of ether oxygens (including phenoxy) is 1. The molecule has 0 aliphatic carbocycles. The van der Waals surface area contributed by atoms with E-state index in [1.807, 2.05) is 29.0 Å². The van der Waals surface area contributed by atoms with Crippen LogP contribution in [0.5, 0.6) is 0 Å². The molecular weight excluding hydrogens is 216 g/mol. The second kappa shape index (κ2) is 4.39. The van der Waals surface area contributed by atoms with Gasteiger partial charge in [0.15, 0.2) is 0 Å². The molecule has 0 saturated heterocycles.